The van der Waals surface area contributed by atoms with E-state index in [1.165, 1.54) is 35.4 Å². The number of pyridine rings is 1. The van der Waals surface area contributed by atoms with Crippen molar-refractivity contribution in [2.45, 2.75) is 22.8 Å². The van der Waals surface area contributed by atoms with Crippen LogP contribution in [-0.2, 0) is 19.6 Å². The lowest BCUT2D eigenvalue weighted by atomic mass is 10.4. The molecule has 0 unspecified atom stereocenters. The Labute approximate surface area is 122 Å². The summed E-state index contributed by atoms with van der Waals surface area (Å²) in [5.41, 5.74) is 0. The van der Waals surface area contributed by atoms with Crippen LogP contribution in [0.3, 0.4) is 0 Å². The second kappa shape index (κ2) is 6.55. The number of hydrogen-bond acceptors (Lipinski definition) is 6. The van der Waals surface area contributed by atoms with Crippen molar-refractivity contribution < 1.29 is 17.9 Å². The van der Waals surface area contributed by atoms with Gasteiger partial charge in [-0.3, -0.25) is 4.79 Å². The average Bonchev–Trinajstić information content (AvgIpc) is 3.00. The maximum Gasteiger partial charge on any atom is 0.316 e. The second-order valence-electron chi connectivity index (χ2n) is 4.31. The molecule has 0 atom stereocenters. The number of aromatic nitrogens is 1. The van der Waals surface area contributed by atoms with Crippen LogP contribution in [0.15, 0.2) is 28.3 Å². The maximum atomic E-state index is 12.3. The van der Waals surface area contributed by atoms with Gasteiger partial charge in [0, 0.05) is 19.3 Å². The van der Waals surface area contributed by atoms with E-state index in [2.05, 4.69) is 9.72 Å². The highest BCUT2D eigenvalue weighted by molar-refractivity contribution is 7.99. The number of hydrogen-bond donors (Lipinski definition) is 0. The van der Waals surface area contributed by atoms with E-state index in [4.69, 9.17) is 0 Å². The second-order valence-corrected chi connectivity index (χ2v) is 7.24. The Balaban J connectivity index is 2.06. The van der Waals surface area contributed by atoms with Crippen molar-refractivity contribution in [3.63, 3.8) is 0 Å². The molecule has 110 valence electrons. The number of ether oxygens (including phenoxy) is 1. The molecule has 0 aromatic carbocycles. The lowest BCUT2D eigenvalue weighted by Gasteiger charge is -2.15. The van der Waals surface area contributed by atoms with E-state index in [-0.39, 0.29) is 16.6 Å². The summed E-state index contributed by atoms with van der Waals surface area (Å²) in [5, 5.41) is 0.593. The summed E-state index contributed by atoms with van der Waals surface area (Å²) in [6, 6.07) is 3.14. The third-order valence-electron chi connectivity index (χ3n) is 2.98. The van der Waals surface area contributed by atoms with Crippen LogP contribution >= 0.6 is 11.8 Å². The number of carbonyl (C=O) groups is 1. The van der Waals surface area contributed by atoms with Gasteiger partial charge in [-0.1, -0.05) is 11.8 Å². The topological polar surface area (TPSA) is 76.6 Å². The molecule has 1 aliphatic heterocycles. The van der Waals surface area contributed by atoms with Crippen LogP contribution < -0.4 is 0 Å². The summed E-state index contributed by atoms with van der Waals surface area (Å²) < 4.78 is 30.5. The summed E-state index contributed by atoms with van der Waals surface area (Å²) in [6.07, 6.45) is 3.15. The monoisotopic (exact) mass is 316 g/mol. The third kappa shape index (κ3) is 3.50. The predicted molar refractivity (Wildman–Crippen MR) is 75.0 cm³/mol. The molecule has 6 nitrogen and oxygen atoms in total. The van der Waals surface area contributed by atoms with Crippen molar-refractivity contribution in [2.75, 3.05) is 26.0 Å². The van der Waals surface area contributed by atoms with Crippen LogP contribution in [0.1, 0.15) is 12.8 Å². The minimum absolute atomic E-state index is 0.154. The summed E-state index contributed by atoms with van der Waals surface area (Å²) in [4.78, 5) is 15.3. The number of carbonyl (C=O) groups excluding carboxylic acids is 1. The Kier molecular flexibility index (Phi) is 5.00. The highest BCUT2D eigenvalue weighted by atomic mass is 32.2. The molecule has 0 aliphatic carbocycles. The Morgan fingerprint density at radius 2 is 2.10 bits per heavy atom. The number of thioether (sulfide) groups is 1. The normalized spacial score (nSPS) is 16.2. The first-order valence-electron chi connectivity index (χ1n) is 6.20. The van der Waals surface area contributed by atoms with Gasteiger partial charge >= 0.3 is 5.97 Å². The van der Waals surface area contributed by atoms with Gasteiger partial charge in [-0.15, -0.1) is 0 Å². The molecule has 1 aromatic rings. The smallest absolute Gasteiger partial charge is 0.316 e. The van der Waals surface area contributed by atoms with Gasteiger partial charge in [0.1, 0.15) is 4.90 Å². The molecule has 8 heteroatoms. The summed E-state index contributed by atoms with van der Waals surface area (Å²) in [5.74, 6) is -0.188. The van der Waals surface area contributed by atoms with Crippen LogP contribution in [0.4, 0.5) is 0 Å². The van der Waals surface area contributed by atoms with Crippen molar-refractivity contribution in [3.05, 3.63) is 18.3 Å². The van der Waals surface area contributed by atoms with Crippen molar-refractivity contribution in [1.29, 1.82) is 0 Å². The van der Waals surface area contributed by atoms with E-state index in [0.717, 1.165) is 12.8 Å². The van der Waals surface area contributed by atoms with E-state index in [1.807, 2.05) is 0 Å². The lowest BCUT2D eigenvalue weighted by molar-refractivity contribution is -0.137. The molecule has 0 N–H and O–H groups in total. The molecule has 1 saturated heterocycles. The van der Waals surface area contributed by atoms with E-state index in [9.17, 15) is 13.2 Å². The van der Waals surface area contributed by atoms with E-state index in [0.29, 0.717) is 18.1 Å². The Bertz CT molecular complexity index is 566. The van der Waals surface area contributed by atoms with Gasteiger partial charge in [0.25, 0.3) is 0 Å². The zero-order valence-corrected chi connectivity index (χ0v) is 12.7. The first-order valence-corrected chi connectivity index (χ1v) is 8.62. The van der Waals surface area contributed by atoms with Crippen LogP contribution in [0.5, 0.6) is 0 Å². The Hall–Kier alpha value is -1.12. The Morgan fingerprint density at radius 3 is 2.65 bits per heavy atom. The molecule has 0 radical (unpaired) electrons. The summed E-state index contributed by atoms with van der Waals surface area (Å²) in [6.45, 7) is 1.14. The number of methoxy groups -OCH3 is 1. The number of sulfonamides is 1. The van der Waals surface area contributed by atoms with Gasteiger partial charge in [0.2, 0.25) is 10.0 Å². The molecule has 2 rings (SSSR count). The van der Waals surface area contributed by atoms with Crippen LogP contribution in [0, 0.1) is 0 Å². The van der Waals surface area contributed by atoms with Gasteiger partial charge in [0.15, 0.2) is 0 Å². The fourth-order valence-electron chi connectivity index (χ4n) is 1.87. The molecule has 0 saturated carbocycles. The molecular formula is C12H16N2O4S2. The SMILES string of the molecule is COC(=O)CSc1ccc(S(=O)(=O)N2CCCC2)cn1. The van der Waals surface area contributed by atoms with Gasteiger partial charge in [0.05, 0.1) is 17.9 Å². The largest absolute Gasteiger partial charge is 0.468 e. The highest BCUT2D eigenvalue weighted by Gasteiger charge is 2.27. The zero-order valence-electron chi connectivity index (χ0n) is 11.1. The molecule has 1 fully saturated rings. The summed E-state index contributed by atoms with van der Waals surface area (Å²) in [7, 11) is -2.10. The number of nitrogens with zero attached hydrogens (tertiary/aromatic N) is 2. The van der Waals surface area contributed by atoms with Crippen LogP contribution in [0.25, 0.3) is 0 Å². The predicted octanol–water partition coefficient (Wildman–Crippen LogP) is 1.13. The molecule has 0 amide bonds. The quantitative estimate of drug-likeness (QED) is 0.599. The molecule has 1 aliphatic rings. The lowest BCUT2D eigenvalue weighted by Crippen LogP contribution is -2.27. The fourth-order valence-corrected chi connectivity index (χ4v) is 4.01. The van der Waals surface area contributed by atoms with Gasteiger partial charge in [-0.25, -0.2) is 13.4 Å². The standard InChI is InChI=1S/C12H16N2O4S2/c1-18-12(15)9-19-11-5-4-10(8-13-11)20(16,17)14-6-2-3-7-14/h4-5,8H,2-3,6-7,9H2,1H3. The van der Waals surface area contributed by atoms with Crippen LogP contribution in [0.2, 0.25) is 0 Å². The molecular weight excluding hydrogens is 300 g/mol. The minimum Gasteiger partial charge on any atom is -0.468 e. The van der Waals surface area contributed by atoms with Gasteiger partial charge in [-0.05, 0) is 25.0 Å². The van der Waals surface area contributed by atoms with Crippen molar-refractivity contribution in [3.8, 4) is 0 Å². The first kappa shape index (κ1) is 15.3. The van der Waals surface area contributed by atoms with E-state index in [1.54, 1.807) is 6.07 Å². The van der Waals surface area contributed by atoms with Crippen molar-refractivity contribution in [1.82, 2.24) is 9.29 Å². The third-order valence-corrected chi connectivity index (χ3v) is 5.78. The highest BCUT2D eigenvalue weighted by Crippen LogP contribution is 2.22. The fraction of sp³-hybridized carbons (Fsp3) is 0.500. The zero-order chi connectivity index (χ0) is 14.6. The first-order chi connectivity index (χ1) is 9.54. The molecule has 2 heterocycles. The van der Waals surface area contributed by atoms with Gasteiger partial charge in [-0.2, -0.15) is 4.31 Å². The van der Waals surface area contributed by atoms with Crippen molar-refractivity contribution >= 4 is 27.8 Å². The molecule has 0 spiro atoms. The summed E-state index contributed by atoms with van der Waals surface area (Å²) >= 11 is 1.21. The van der Waals surface area contributed by atoms with E-state index >= 15 is 0 Å². The average molecular weight is 316 g/mol. The van der Waals surface area contributed by atoms with E-state index < -0.39 is 10.0 Å². The Morgan fingerprint density at radius 1 is 1.40 bits per heavy atom. The van der Waals surface area contributed by atoms with Crippen molar-refractivity contribution in [2.24, 2.45) is 0 Å². The minimum atomic E-state index is -3.42. The number of esters is 1. The molecule has 0 bridgehead atoms. The molecule has 20 heavy (non-hydrogen) atoms. The number of rotatable bonds is 5. The molecule has 1 aromatic heterocycles. The van der Waals surface area contributed by atoms with Gasteiger partial charge < -0.3 is 4.74 Å². The maximum absolute atomic E-state index is 12.3. The van der Waals surface area contributed by atoms with Crippen LogP contribution in [-0.4, -0.2) is 49.6 Å².